The summed E-state index contributed by atoms with van der Waals surface area (Å²) < 4.78 is 0. The SMILES string of the molecule is CSCC(C)NCC(O)c1ccc(C(C)C)cc1. The molecule has 102 valence electrons. The standard InChI is InChI=1S/C15H25NOS/c1-11(2)13-5-7-14(8-6-13)15(17)9-16-12(3)10-18-4/h5-8,11-12,15-17H,9-10H2,1-4H3. The predicted molar refractivity (Wildman–Crippen MR) is 81.3 cm³/mol. The van der Waals surface area contributed by atoms with E-state index in [1.54, 1.807) is 0 Å². The minimum atomic E-state index is -0.421. The molecule has 2 N–H and O–H groups in total. The molecule has 0 aromatic heterocycles. The third kappa shape index (κ3) is 5.01. The average Bonchev–Trinajstić information content (AvgIpc) is 2.36. The lowest BCUT2D eigenvalue weighted by molar-refractivity contribution is 0.172. The normalized spacial score (nSPS) is 14.8. The molecule has 0 radical (unpaired) electrons. The zero-order valence-corrected chi connectivity index (χ0v) is 12.6. The maximum atomic E-state index is 10.1. The summed E-state index contributed by atoms with van der Waals surface area (Å²) in [5, 5.41) is 13.4. The average molecular weight is 267 g/mol. The first-order chi connectivity index (χ1) is 8.54. The topological polar surface area (TPSA) is 32.3 Å². The number of thioether (sulfide) groups is 1. The van der Waals surface area contributed by atoms with Crippen molar-refractivity contribution in [1.82, 2.24) is 5.32 Å². The summed E-state index contributed by atoms with van der Waals surface area (Å²) in [6, 6.07) is 8.70. The number of nitrogens with one attached hydrogen (secondary N) is 1. The Balaban J connectivity index is 2.48. The lowest BCUT2D eigenvalue weighted by Crippen LogP contribution is -2.32. The van der Waals surface area contributed by atoms with E-state index in [0.29, 0.717) is 18.5 Å². The highest BCUT2D eigenvalue weighted by molar-refractivity contribution is 7.98. The molecule has 1 aromatic rings. The van der Waals surface area contributed by atoms with Crippen LogP contribution in [0.5, 0.6) is 0 Å². The third-order valence-electron chi connectivity index (χ3n) is 3.06. The second-order valence-corrected chi connectivity index (χ2v) is 6.01. The molecule has 2 nitrogen and oxygen atoms in total. The van der Waals surface area contributed by atoms with Gasteiger partial charge < -0.3 is 10.4 Å². The molecule has 0 bridgehead atoms. The highest BCUT2D eigenvalue weighted by Gasteiger charge is 2.09. The summed E-state index contributed by atoms with van der Waals surface area (Å²) in [5.41, 5.74) is 2.30. The summed E-state index contributed by atoms with van der Waals surface area (Å²) in [7, 11) is 0. The van der Waals surface area contributed by atoms with Crippen molar-refractivity contribution < 1.29 is 5.11 Å². The van der Waals surface area contributed by atoms with Crippen molar-refractivity contribution in [3.8, 4) is 0 Å². The number of aliphatic hydroxyl groups excluding tert-OH is 1. The molecule has 1 aromatic carbocycles. The number of benzene rings is 1. The van der Waals surface area contributed by atoms with E-state index >= 15 is 0 Å². The van der Waals surface area contributed by atoms with Crippen molar-refractivity contribution in [2.24, 2.45) is 0 Å². The quantitative estimate of drug-likeness (QED) is 0.796. The molecule has 0 fully saturated rings. The first-order valence-corrected chi connectivity index (χ1v) is 7.94. The molecule has 0 heterocycles. The third-order valence-corrected chi connectivity index (χ3v) is 3.90. The zero-order valence-electron chi connectivity index (χ0n) is 11.8. The monoisotopic (exact) mass is 267 g/mol. The van der Waals surface area contributed by atoms with Gasteiger partial charge in [0, 0.05) is 18.3 Å². The van der Waals surface area contributed by atoms with Crippen molar-refractivity contribution in [1.29, 1.82) is 0 Å². The van der Waals surface area contributed by atoms with E-state index in [1.807, 2.05) is 23.9 Å². The van der Waals surface area contributed by atoms with Gasteiger partial charge in [-0.15, -0.1) is 0 Å². The Labute approximate surface area is 115 Å². The molecule has 2 atom stereocenters. The van der Waals surface area contributed by atoms with Crippen molar-refractivity contribution >= 4 is 11.8 Å². The van der Waals surface area contributed by atoms with E-state index in [9.17, 15) is 5.11 Å². The summed E-state index contributed by atoms with van der Waals surface area (Å²) in [6.07, 6.45) is 1.68. The number of aliphatic hydroxyl groups is 1. The van der Waals surface area contributed by atoms with Crippen molar-refractivity contribution in [3.63, 3.8) is 0 Å². The van der Waals surface area contributed by atoms with E-state index in [2.05, 4.69) is 44.5 Å². The molecule has 1 rings (SSSR count). The zero-order chi connectivity index (χ0) is 13.5. The van der Waals surface area contributed by atoms with Gasteiger partial charge in [-0.1, -0.05) is 38.1 Å². The minimum Gasteiger partial charge on any atom is -0.387 e. The summed E-state index contributed by atoms with van der Waals surface area (Å²) >= 11 is 1.82. The molecule has 0 aliphatic rings. The number of rotatable bonds is 7. The molecule has 0 aliphatic carbocycles. The lowest BCUT2D eigenvalue weighted by Gasteiger charge is -2.17. The van der Waals surface area contributed by atoms with Crippen LogP contribution in [0.15, 0.2) is 24.3 Å². The van der Waals surface area contributed by atoms with Crippen LogP contribution in [-0.4, -0.2) is 29.7 Å². The van der Waals surface area contributed by atoms with Crippen LogP contribution in [0.2, 0.25) is 0 Å². The van der Waals surface area contributed by atoms with E-state index in [-0.39, 0.29) is 0 Å². The maximum Gasteiger partial charge on any atom is 0.0914 e. The smallest absolute Gasteiger partial charge is 0.0914 e. The van der Waals surface area contributed by atoms with Crippen LogP contribution in [0.4, 0.5) is 0 Å². The van der Waals surface area contributed by atoms with Crippen LogP contribution in [0.25, 0.3) is 0 Å². The number of hydrogen-bond acceptors (Lipinski definition) is 3. The molecular formula is C15H25NOS. The Hall–Kier alpha value is -0.510. The first kappa shape index (κ1) is 15.5. The summed E-state index contributed by atoms with van der Waals surface area (Å²) in [5.74, 6) is 1.61. The number of hydrogen-bond donors (Lipinski definition) is 2. The van der Waals surface area contributed by atoms with Crippen LogP contribution >= 0.6 is 11.8 Å². The van der Waals surface area contributed by atoms with Gasteiger partial charge >= 0.3 is 0 Å². The van der Waals surface area contributed by atoms with Gasteiger partial charge in [-0.3, -0.25) is 0 Å². The molecule has 0 spiro atoms. The Bertz CT molecular complexity index is 337. The van der Waals surface area contributed by atoms with Gasteiger partial charge in [-0.05, 0) is 30.2 Å². The largest absolute Gasteiger partial charge is 0.387 e. The second kappa shape index (κ2) is 7.82. The van der Waals surface area contributed by atoms with Gasteiger partial charge in [0.15, 0.2) is 0 Å². The van der Waals surface area contributed by atoms with Gasteiger partial charge in [-0.2, -0.15) is 11.8 Å². The van der Waals surface area contributed by atoms with E-state index in [1.165, 1.54) is 5.56 Å². The van der Waals surface area contributed by atoms with Crippen LogP contribution in [-0.2, 0) is 0 Å². The molecule has 0 amide bonds. The van der Waals surface area contributed by atoms with Crippen LogP contribution in [0.1, 0.15) is 43.9 Å². The summed E-state index contributed by atoms with van der Waals surface area (Å²) in [4.78, 5) is 0. The Kier molecular flexibility index (Phi) is 6.76. The fourth-order valence-corrected chi connectivity index (χ4v) is 2.46. The van der Waals surface area contributed by atoms with E-state index in [0.717, 1.165) is 11.3 Å². The van der Waals surface area contributed by atoms with Gasteiger partial charge in [0.2, 0.25) is 0 Å². The fourth-order valence-electron chi connectivity index (χ4n) is 1.84. The van der Waals surface area contributed by atoms with Crippen LogP contribution in [0, 0.1) is 0 Å². The maximum absolute atomic E-state index is 10.1. The van der Waals surface area contributed by atoms with E-state index in [4.69, 9.17) is 0 Å². The molecule has 3 heteroatoms. The van der Waals surface area contributed by atoms with Crippen molar-refractivity contribution in [3.05, 3.63) is 35.4 Å². The van der Waals surface area contributed by atoms with Gasteiger partial charge in [0.1, 0.15) is 0 Å². The minimum absolute atomic E-state index is 0.421. The molecule has 0 saturated carbocycles. The van der Waals surface area contributed by atoms with Gasteiger partial charge in [0.25, 0.3) is 0 Å². The molecule has 0 aliphatic heterocycles. The molecule has 0 saturated heterocycles. The van der Waals surface area contributed by atoms with Crippen molar-refractivity contribution in [2.45, 2.75) is 38.8 Å². The fraction of sp³-hybridized carbons (Fsp3) is 0.600. The summed E-state index contributed by atoms with van der Waals surface area (Å²) in [6.45, 7) is 7.11. The highest BCUT2D eigenvalue weighted by Crippen LogP contribution is 2.18. The molecular weight excluding hydrogens is 242 g/mol. The van der Waals surface area contributed by atoms with Gasteiger partial charge in [0.05, 0.1) is 6.10 Å². The molecule has 2 unspecified atom stereocenters. The molecule has 18 heavy (non-hydrogen) atoms. The lowest BCUT2D eigenvalue weighted by atomic mass is 10.00. The second-order valence-electron chi connectivity index (χ2n) is 5.10. The van der Waals surface area contributed by atoms with Gasteiger partial charge in [-0.25, -0.2) is 0 Å². The first-order valence-electron chi connectivity index (χ1n) is 6.54. The van der Waals surface area contributed by atoms with Crippen molar-refractivity contribution in [2.75, 3.05) is 18.6 Å². The Morgan fingerprint density at radius 3 is 2.17 bits per heavy atom. The highest BCUT2D eigenvalue weighted by atomic mass is 32.2. The van der Waals surface area contributed by atoms with Crippen LogP contribution < -0.4 is 5.32 Å². The Morgan fingerprint density at radius 1 is 1.11 bits per heavy atom. The predicted octanol–water partition coefficient (Wildman–Crippen LogP) is 3.18. The van der Waals surface area contributed by atoms with E-state index < -0.39 is 6.10 Å². The van der Waals surface area contributed by atoms with Crippen LogP contribution in [0.3, 0.4) is 0 Å². The Morgan fingerprint density at radius 2 is 1.67 bits per heavy atom.